The minimum absolute atomic E-state index is 0.144. The van der Waals surface area contributed by atoms with Crippen LogP contribution in [-0.4, -0.2) is 44.4 Å². The normalized spacial score (nSPS) is 17.8. The summed E-state index contributed by atoms with van der Waals surface area (Å²) in [7, 11) is 0. The van der Waals surface area contributed by atoms with Crippen LogP contribution in [0, 0.1) is 0 Å². The lowest BCUT2D eigenvalue weighted by molar-refractivity contribution is -0.143. The highest BCUT2D eigenvalue weighted by Gasteiger charge is 2.15. The quantitative estimate of drug-likeness (QED) is 0.498. The molecule has 1 atom stereocenters. The first-order chi connectivity index (χ1) is 9.72. The zero-order chi connectivity index (χ0) is 14.6. The van der Waals surface area contributed by atoms with Gasteiger partial charge in [0.05, 0.1) is 12.7 Å². The fourth-order valence-corrected chi connectivity index (χ4v) is 2.08. The smallest absolute Gasteiger partial charge is 0.314 e. The lowest BCUT2D eigenvalue weighted by Gasteiger charge is -2.11. The number of carbonyl (C=O) groups excluding carboxylic acids is 2. The van der Waals surface area contributed by atoms with Crippen LogP contribution in [-0.2, 0) is 14.3 Å². The molecule has 1 rings (SSSR count). The van der Waals surface area contributed by atoms with Gasteiger partial charge in [-0.1, -0.05) is 6.42 Å². The molecule has 1 fully saturated rings. The molecule has 0 aliphatic carbocycles. The van der Waals surface area contributed by atoms with Crippen molar-refractivity contribution in [3.8, 4) is 0 Å². The van der Waals surface area contributed by atoms with Crippen LogP contribution in [0.2, 0.25) is 0 Å². The highest BCUT2D eigenvalue weighted by molar-refractivity contribution is 5.73. The molecule has 0 radical (unpaired) electrons. The molecule has 116 valence electrons. The van der Waals surface area contributed by atoms with E-state index < -0.39 is 0 Å². The molecule has 2 amide bonds. The number of hydrogen-bond donors (Lipinski definition) is 2. The maximum atomic E-state index is 11.5. The zero-order valence-corrected chi connectivity index (χ0v) is 12.3. The van der Waals surface area contributed by atoms with Gasteiger partial charge in [0.1, 0.15) is 0 Å². The average molecular weight is 286 g/mol. The molecule has 20 heavy (non-hydrogen) atoms. The van der Waals surface area contributed by atoms with E-state index in [4.69, 9.17) is 9.47 Å². The van der Waals surface area contributed by atoms with Crippen LogP contribution < -0.4 is 10.6 Å². The van der Waals surface area contributed by atoms with Crippen molar-refractivity contribution in [2.45, 2.75) is 51.6 Å². The van der Waals surface area contributed by atoms with Gasteiger partial charge in [-0.2, -0.15) is 0 Å². The van der Waals surface area contributed by atoms with E-state index >= 15 is 0 Å². The molecule has 1 heterocycles. The van der Waals surface area contributed by atoms with Crippen molar-refractivity contribution < 1.29 is 19.1 Å². The molecule has 0 aromatic carbocycles. The third-order valence-corrected chi connectivity index (χ3v) is 3.16. The standard InChI is InChI=1S/C14H26N2O4/c1-2-19-13(17)8-4-3-5-9-15-14(18)16-11-12-7-6-10-20-12/h12H,2-11H2,1H3,(H2,15,16,18). The SMILES string of the molecule is CCOC(=O)CCCCCNC(=O)NCC1CCCO1. The molecular formula is C14H26N2O4. The van der Waals surface area contributed by atoms with Crippen molar-refractivity contribution in [3.05, 3.63) is 0 Å². The second kappa shape index (κ2) is 10.5. The van der Waals surface area contributed by atoms with Crippen LogP contribution in [0.4, 0.5) is 4.79 Å². The number of nitrogens with one attached hydrogen (secondary N) is 2. The first-order valence-corrected chi connectivity index (χ1v) is 7.51. The van der Waals surface area contributed by atoms with E-state index in [-0.39, 0.29) is 18.1 Å². The van der Waals surface area contributed by atoms with Gasteiger partial charge in [0.2, 0.25) is 0 Å². The van der Waals surface area contributed by atoms with Gasteiger partial charge in [-0.25, -0.2) is 4.79 Å². The summed E-state index contributed by atoms with van der Waals surface area (Å²) >= 11 is 0. The summed E-state index contributed by atoms with van der Waals surface area (Å²) in [6.45, 7) is 4.24. The van der Waals surface area contributed by atoms with Gasteiger partial charge in [-0.15, -0.1) is 0 Å². The number of amides is 2. The summed E-state index contributed by atoms with van der Waals surface area (Å²) in [5, 5.41) is 5.60. The molecule has 0 spiro atoms. The summed E-state index contributed by atoms with van der Waals surface area (Å²) in [6, 6.07) is -0.147. The Morgan fingerprint density at radius 2 is 2.10 bits per heavy atom. The number of carbonyl (C=O) groups is 2. The van der Waals surface area contributed by atoms with E-state index in [9.17, 15) is 9.59 Å². The summed E-state index contributed by atoms with van der Waals surface area (Å²) in [6.07, 6.45) is 5.31. The largest absolute Gasteiger partial charge is 0.466 e. The topological polar surface area (TPSA) is 76.7 Å². The summed E-state index contributed by atoms with van der Waals surface area (Å²) in [5.74, 6) is -0.144. The maximum Gasteiger partial charge on any atom is 0.314 e. The highest BCUT2D eigenvalue weighted by Crippen LogP contribution is 2.10. The van der Waals surface area contributed by atoms with Crippen LogP contribution in [0.1, 0.15) is 45.4 Å². The molecule has 6 nitrogen and oxygen atoms in total. The van der Waals surface area contributed by atoms with Crippen LogP contribution in [0.15, 0.2) is 0 Å². The second-order valence-corrected chi connectivity index (χ2v) is 4.89. The average Bonchev–Trinajstić information content (AvgIpc) is 2.94. The Morgan fingerprint density at radius 3 is 2.80 bits per heavy atom. The molecule has 1 aliphatic rings. The summed E-state index contributed by atoms with van der Waals surface area (Å²) in [4.78, 5) is 22.6. The van der Waals surface area contributed by atoms with Crippen molar-refractivity contribution in [2.24, 2.45) is 0 Å². The minimum atomic E-state index is -0.147. The monoisotopic (exact) mass is 286 g/mol. The van der Waals surface area contributed by atoms with Crippen molar-refractivity contribution in [1.82, 2.24) is 10.6 Å². The molecule has 0 aromatic heterocycles. The number of urea groups is 1. The van der Waals surface area contributed by atoms with E-state index in [2.05, 4.69) is 10.6 Å². The Labute approximate surface area is 120 Å². The van der Waals surface area contributed by atoms with Gasteiger partial charge in [0.15, 0.2) is 0 Å². The Balaban J connectivity index is 1.87. The lowest BCUT2D eigenvalue weighted by Crippen LogP contribution is -2.39. The van der Waals surface area contributed by atoms with Crippen LogP contribution >= 0.6 is 0 Å². The molecule has 0 aromatic rings. The second-order valence-electron chi connectivity index (χ2n) is 4.89. The Morgan fingerprint density at radius 1 is 1.25 bits per heavy atom. The Kier molecular flexibility index (Phi) is 8.78. The van der Waals surface area contributed by atoms with Gasteiger partial charge >= 0.3 is 12.0 Å². The Bertz CT molecular complexity index is 291. The van der Waals surface area contributed by atoms with Crippen LogP contribution in [0.25, 0.3) is 0 Å². The third kappa shape index (κ3) is 7.99. The molecule has 1 saturated heterocycles. The van der Waals surface area contributed by atoms with Crippen LogP contribution in [0.5, 0.6) is 0 Å². The van der Waals surface area contributed by atoms with E-state index in [1.165, 1.54) is 0 Å². The lowest BCUT2D eigenvalue weighted by atomic mass is 10.2. The number of unbranched alkanes of at least 4 members (excludes halogenated alkanes) is 2. The number of esters is 1. The predicted molar refractivity (Wildman–Crippen MR) is 75.5 cm³/mol. The predicted octanol–water partition coefficient (Wildman–Crippen LogP) is 1.59. The zero-order valence-electron chi connectivity index (χ0n) is 12.3. The first-order valence-electron chi connectivity index (χ1n) is 7.51. The van der Waals surface area contributed by atoms with Gasteiger partial charge in [-0.05, 0) is 32.6 Å². The van der Waals surface area contributed by atoms with Crippen molar-refractivity contribution in [2.75, 3.05) is 26.3 Å². The van der Waals surface area contributed by atoms with Gasteiger partial charge in [-0.3, -0.25) is 4.79 Å². The summed E-state index contributed by atoms with van der Waals surface area (Å²) in [5.41, 5.74) is 0. The van der Waals surface area contributed by atoms with Crippen molar-refractivity contribution in [1.29, 1.82) is 0 Å². The van der Waals surface area contributed by atoms with Crippen molar-refractivity contribution >= 4 is 12.0 Å². The number of rotatable bonds is 9. The first kappa shape index (κ1) is 16.8. The molecule has 6 heteroatoms. The van der Waals surface area contributed by atoms with E-state index in [0.717, 1.165) is 38.7 Å². The Hall–Kier alpha value is -1.30. The van der Waals surface area contributed by atoms with E-state index in [1.807, 2.05) is 0 Å². The van der Waals surface area contributed by atoms with Gasteiger partial charge < -0.3 is 20.1 Å². The van der Waals surface area contributed by atoms with E-state index in [0.29, 0.717) is 26.1 Å². The van der Waals surface area contributed by atoms with Gasteiger partial charge in [0.25, 0.3) is 0 Å². The number of hydrogen-bond acceptors (Lipinski definition) is 4. The maximum absolute atomic E-state index is 11.5. The molecular weight excluding hydrogens is 260 g/mol. The minimum Gasteiger partial charge on any atom is -0.466 e. The molecule has 1 unspecified atom stereocenters. The molecule has 2 N–H and O–H groups in total. The fourth-order valence-electron chi connectivity index (χ4n) is 2.08. The van der Waals surface area contributed by atoms with E-state index in [1.54, 1.807) is 6.92 Å². The molecule has 0 bridgehead atoms. The summed E-state index contributed by atoms with van der Waals surface area (Å²) < 4.78 is 10.3. The van der Waals surface area contributed by atoms with Gasteiger partial charge in [0, 0.05) is 26.1 Å². The molecule has 0 saturated carbocycles. The van der Waals surface area contributed by atoms with Crippen molar-refractivity contribution in [3.63, 3.8) is 0 Å². The fraction of sp³-hybridized carbons (Fsp3) is 0.857. The number of ether oxygens (including phenoxy) is 2. The highest BCUT2D eigenvalue weighted by atomic mass is 16.5. The van der Waals surface area contributed by atoms with Crippen LogP contribution in [0.3, 0.4) is 0 Å². The molecule has 1 aliphatic heterocycles. The third-order valence-electron chi connectivity index (χ3n) is 3.16.